The van der Waals surface area contributed by atoms with Gasteiger partial charge in [0.15, 0.2) is 0 Å². The number of hydrogen-bond acceptors (Lipinski definition) is 4. The second-order valence-electron chi connectivity index (χ2n) is 12.1. The number of thioether (sulfide) groups is 1. The Hall–Kier alpha value is -1.67. The maximum absolute atomic E-state index is 13.8. The molecule has 0 saturated carbocycles. The summed E-state index contributed by atoms with van der Waals surface area (Å²) in [6.45, 7) is 23.7. The second-order valence-corrected chi connectivity index (χ2v) is 13.1. The van der Waals surface area contributed by atoms with Crippen LogP contribution in [-0.4, -0.2) is 72.8 Å². The van der Waals surface area contributed by atoms with Crippen molar-refractivity contribution in [2.45, 2.75) is 98.8 Å². The van der Waals surface area contributed by atoms with Crippen LogP contribution in [0.2, 0.25) is 0 Å². The summed E-state index contributed by atoms with van der Waals surface area (Å²) in [6.07, 6.45) is 6.29. The Balaban J connectivity index is 0.00000924. The zero-order chi connectivity index (χ0) is 31.1. The van der Waals surface area contributed by atoms with Gasteiger partial charge in [0.1, 0.15) is 6.54 Å². The van der Waals surface area contributed by atoms with Crippen molar-refractivity contribution in [3.05, 3.63) is 58.7 Å². The average Bonchev–Trinajstić information content (AvgIpc) is 2.95. The van der Waals surface area contributed by atoms with Crippen LogP contribution < -0.4 is 21.9 Å². The molecule has 0 aliphatic carbocycles. The first-order valence-electron chi connectivity index (χ1n) is 16.3. The average molecular weight is 677 g/mol. The van der Waals surface area contributed by atoms with Crippen molar-refractivity contribution in [3.63, 3.8) is 0 Å². The highest BCUT2D eigenvalue weighted by molar-refractivity contribution is 8.13. The fourth-order valence-corrected chi connectivity index (χ4v) is 7.00. The molecular formula is C36H58BrN3O2S. The smallest absolute Gasteiger partial charge is 0.247 e. The number of rotatable bonds is 19. The summed E-state index contributed by atoms with van der Waals surface area (Å²) in [4.78, 5) is 32.7. The Morgan fingerprint density at radius 3 is 1.81 bits per heavy atom. The molecule has 2 aromatic carbocycles. The molecule has 0 fully saturated rings. The number of likely N-dealkylation sites (N-methyl/N-ethyl adjacent to an activating group) is 1. The van der Waals surface area contributed by atoms with E-state index in [2.05, 4.69) is 96.7 Å². The normalized spacial score (nSPS) is 12.6. The molecule has 242 valence electrons. The van der Waals surface area contributed by atoms with Gasteiger partial charge < -0.3 is 26.4 Å². The van der Waals surface area contributed by atoms with Gasteiger partial charge >= 0.3 is 0 Å². The van der Waals surface area contributed by atoms with Gasteiger partial charge in [-0.2, -0.15) is 0 Å². The Labute approximate surface area is 278 Å². The third-order valence-electron chi connectivity index (χ3n) is 8.50. The van der Waals surface area contributed by atoms with E-state index in [4.69, 9.17) is 0 Å². The van der Waals surface area contributed by atoms with Gasteiger partial charge in [-0.25, -0.2) is 0 Å². The molecule has 0 aromatic heterocycles. The Bertz CT molecular complexity index is 1100. The lowest BCUT2D eigenvalue weighted by atomic mass is 10.1. The summed E-state index contributed by atoms with van der Waals surface area (Å²) in [5, 5.41) is 0.256. The number of para-hydroxylation sites is 1. The Morgan fingerprint density at radius 2 is 1.28 bits per heavy atom. The molecular weight excluding hydrogens is 618 g/mol. The number of anilines is 1. The van der Waals surface area contributed by atoms with Crippen molar-refractivity contribution >= 4 is 28.5 Å². The van der Waals surface area contributed by atoms with Crippen molar-refractivity contribution in [2.75, 3.05) is 57.3 Å². The van der Waals surface area contributed by atoms with E-state index < -0.39 is 0 Å². The number of carbonyl (C=O) groups excluding carboxylic acids is 2. The topological polar surface area (TPSA) is 40.6 Å². The van der Waals surface area contributed by atoms with Gasteiger partial charge in [-0.1, -0.05) is 70.0 Å². The van der Waals surface area contributed by atoms with Crippen LogP contribution in [0.25, 0.3) is 0 Å². The number of halogens is 1. The first kappa shape index (κ1) is 39.4. The molecule has 5 nitrogen and oxygen atoms in total. The maximum atomic E-state index is 13.8. The van der Waals surface area contributed by atoms with E-state index in [0.29, 0.717) is 13.1 Å². The molecule has 0 saturated heterocycles. The summed E-state index contributed by atoms with van der Waals surface area (Å²) in [7, 11) is 0. The molecule has 43 heavy (non-hydrogen) atoms. The van der Waals surface area contributed by atoms with Gasteiger partial charge in [0.05, 0.1) is 26.2 Å². The third kappa shape index (κ3) is 12.3. The van der Waals surface area contributed by atoms with Crippen LogP contribution in [-0.2, 0) is 9.59 Å². The van der Waals surface area contributed by atoms with E-state index in [1.54, 1.807) is 0 Å². The fourth-order valence-electron chi connectivity index (χ4n) is 5.97. The number of benzene rings is 2. The van der Waals surface area contributed by atoms with Crippen molar-refractivity contribution < 1.29 is 31.1 Å². The highest BCUT2D eigenvalue weighted by atomic mass is 79.9. The van der Waals surface area contributed by atoms with Crippen LogP contribution in [0.4, 0.5) is 5.69 Å². The predicted octanol–water partition coefficient (Wildman–Crippen LogP) is 5.12. The van der Waals surface area contributed by atoms with Crippen molar-refractivity contribution in [1.82, 2.24) is 4.90 Å². The first-order chi connectivity index (χ1) is 20.1. The molecule has 0 spiro atoms. The Morgan fingerprint density at radius 1 is 0.721 bits per heavy atom. The van der Waals surface area contributed by atoms with Crippen LogP contribution in [0.1, 0.15) is 88.5 Å². The number of quaternary nitrogens is 1. The lowest BCUT2D eigenvalue weighted by molar-refractivity contribution is -0.919. The quantitative estimate of drug-likeness (QED) is 0.153. The molecule has 0 N–H and O–H groups in total. The summed E-state index contributed by atoms with van der Waals surface area (Å²) >= 11 is 1.42. The number of carbonyl (C=O) groups is 2. The van der Waals surface area contributed by atoms with Crippen molar-refractivity contribution in [1.29, 1.82) is 0 Å². The van der Waals surface area contributed by atoms with E-state index in [0.717, 1.165) is 104 Å². The van der Waals surface area contributed by atoms with Crippen LogP contribution in [0.15, 0.2) is 41.3 Å². The largest absolute Gasteiger partial charge is 1.00 e. The van der Waals surface area contributed by atoms with E-state index >= 15 is 0 Å². The zero-order valence-electron chi connectivity index (χ0n) is 28.3. The number of amides is 1. The number of aryl methyl sites for hydroxylation is 4. The fraction of sp³-hybridized carbons (Fsp3) is 0.611. The van der Waals surface area contributed by atoms with Gasteiger partial charge in [0, 0.05) is 30.1 Å². The third-order valence-corrected chi connectivity index (χ3v) is 9.70. The van der Waals surface area contributed by atoms with Crippen LogP contribution in [0, 0.1) is 27.7 Å². The summed E-state index contributed by atoms with van der Waals surface area (Å²) in [6, 6.07) is 12.5. The lowest BCUT2D eigenvalue weighted by Crippen LogP contribution is -3.00. The minimum atomic E-state index is 0. The summed E-state index contributed by atoms with van der Waals surface area (Å²) in [5.74, 6) is 0.191. The molecule has 1 unspecified atom stereocenters. The standard InChI is InChI=1S/C36H58N3O2S.BrH/c1-9-13-24-38(35-29(5)18-15-19-30(35)6)33(40)27-37(22-11-3)23-17-26-39(12-4,25-14-10-2)28-34(41)42-36-31(7)20-16-21-32(36)8;/h15-16,18-21H,9-14,17,22-28H2,1-8H3;1H/q+1;/p-1. The van der Waals surface area contributed by atoms with Gasteiger partial charge in [-0.15, -0.1) is 0 Å². The van der Waals surface area contributed by atoms with E-state index in [1.807, 2.05) is 4.90 Å². The van der Waals surface area contributed by atoms with Gasteiger partial charge in [-0.3, -0.25) is 14.5 Å². The monoisotopic (exact) mass is 675 g/mol. The second kappa shape index (κ2) is 20.4. The molecule has 2 rings (SSSR count). The predicted molar refractivity (Wildman–Crippen MR) is 182 cm³/mol. The molecule has 1 amide bonds. The highest BCUT2D eigenvalue weighted by Gasteiger charge is 2.29. The van der Waals surface area contributed by atoms with E-state index in [1.165, 1.54) is 22.9 Å². The molecule has 0 radical (unpaired) electrons. The van der Waals surface area contributed by atoms with E-state index in [9.17, 15) is 9.59 Å². The van der Waals surface area contributed by atoms with E-state index in [-0.39, 0.29) is 28.0 Å². The molecule has 0 bridgehead atoms. The number of hydrogen-bond donors (Lipinski definition) is 0. The SMILES string of the molecule is CCCCN(C(=O)CN(CCC)CCC[N+](CC)(CCCC)CC(=O)Sc1c(C)cccc1C)c1c(C)cccc1C.[Br-]. The minimum Gasteiger partial charge on any atom is -1.00 e. The lowest BCUT2D eigenvalue weighted by Gasteiger charge is -2.38. The minimum absolute atomic E-state index is 0. The van der Waals surface area contributed by atoms with Crippen molar-refractivity contribution in [2.24, 2.45) is 0 Å². The molecule has 0 aliphatic rings. The molecule has 0 aliphatic heterocycles. The van der Waals surface area contributed by atoms with Crippen LogP contribution >= 0.6 is 11.8 Å². The van der Waals surface area contributed by atoms with Gasteiger partial charge in [0.25, 0.3) is 0 Å². The van der Waals surface area contributed by atoms with Gasteiger partial charge in [0.2, 0.25) is 11.0 Å². The zero-order valence-corrected chi connectivity index (χ0v) is 30.7. The van der Waals surface area contributed by atoms with Crippen LogP contribution in [0.5, 0.6) is 0 Å². The maximum Gasteiger partial charge on any atom is 0.247 e. The molecule has 7 heteroatoms. The highest BCUT2D eigenvalue weighted by Crippen LogP contribution is 2.29. The number of nitrogens with zero attached hydrogens (tertiary/aromatic N) is 3. The summed E-state index contributed by atoms with van der Waals surface area (Å²) < 4.78 is 0.823. The summed E-state index contributed by atoms with van der Waals surface area (Å²) in [5.41, 5.74) is 5.74. The van der Waals surface area contributed by atoms with Gasteiger partial charge in [-0.05, 0) is 94.4 Å². The molecule has 0 heterocycles. The van der Waals surface area contributed by atoms with Crippen molar-refractivity contribution in [3.8, 4) is 0 Å². The molecule has 2 aromatic rings. The first-order valence-corrected chi connectivity index (χ1v) is 17.1. The number of unbranched alkanes of at least 4 members (excludes halogenated alkanes) is 2. The molecule has 1 atom stereocenters. The Kier molecular flexibility index (Phi) is 18.6. The van der Waals surface area contributed by atoms with Crippen LogP contribution in [0.3, 0.4) is 0 Å².